The Labute approximate surface area is 135 Å². The van der Waals surface area contributed by atoms with Crippen LogP contribution in [0.2, 0.25) is 0 Å². The summed E-state index contributed by atoms with van der Waals surface area (Å²) in [7, 11) is 0. The van der Waals surface area contributed by atoms with E-state index in [2.05, 4.69) is 27.2 Å². The molecular formula is C16H22N4OS. The third-order valence-corrected chi connectivity index (χ3v) is 4.53. The molecule has 0 unspecified atom stereocenters. The first-order valence-electron chi connectivity index (χ1n) is 7.67. The largest absolute Gasteiger partial charge is 0.349 e. The van der Waals surface area contributed by atoms with Gasteiger partial charge in [0.15, 0.2) is 10.8 Å². The van der Waals surface area contributed by atoms with E-state index in [0.717, 1.165) is 18.5 Å². The van der Waals surface area contributed by atoms with E-state index in [9.17, 15) is 4.79 Å². The number of aryl methyl sites for hydroxylation is 1. The van der Waals surface area contributed by atoms with Gasteiger partial charge in [0, 0.05) is 18.4 Å². The highest BCUT2D eigenvalue weighted by molar-refractivity contribution is 7.17. The highest BCUT2D eigenvalue weighted by Crippen LogP contribution is 2.25. The summed E-state index contributed by atoms with van der Waals surface area (Å²) in [4.78, 5) is 25.8. The van der Waals surface area contributed by atoms with Crippen LogP contribution in [0.3, 0.4) is 0 Å². The fraction of sp³-hybridized carbons (Fsp3) is 0.500. The summed E-state index contributed by atoms with van der Waals surface area (Å²) in [6, 6.07) is 1.94. The fourth-order valence-corrected chi connectivity index (χ4v) is 3.09. The van der Waals surface area contributed by atoms with Crippen LogP contribution in [0.15, 0.2) is 18.5 Å². The number of hydrogen-bond donors (Lipinski definition) is 1. The summed E-state index contributed by atoms with van der Waals surface area (Å²) in [5.41, 5.74) is 0.728. The molecule has 1 N–H and O–H groups in total. The zero-order valence-electron chi connectivity index (χ0n) is 13.3. The number of unbranched alkanes of at least 4 members (excludes halogenated alkanes) is 2. The summed E-state index contributed by atoms with van der Waals surface area (Å²) in [6.07, 6.45) is 7.89. The van der Waals surface area contributed by atoms with Gasteiger partial charge in [-0.15, -0.1) is 11.3 Å². The van der Waals surface area contributed by atoms with Gasteiger partial charge in [0.1, 0.15) is 4.88 Å². The van der Waals surface area contributed by atoms with E-state index in [4.69, 9.17) is 0 Å². The topological polar surface area (TPSA) is 67.8 Å². The van der Waals surface area contributed by atoms with Gasteiger partial charge in [-0.05, 0) is 26.3 Å². The van der Waals surface area contributed by atoms with Gasteiger partial charge in [0.2, 0.25) is 0 Å². The van der Waals surface area contributed by atoms with E-state index in [0.29, 0.717) is 15.7 Å². The maximum atomic E-state index is 12.4. The van der Waals surface area contributed by atoms with Crippen molar-refractivity contribution in [3.8, 4) is 10.8 Å². The number of thiazole rings is 1. The Kier molecular flexibility index (Phi) is 6.00. The van der Waals surface area contributed by atoms with Gasteiger partial charge < -0.3 is 5.32 Å². The smallest absolute Gasteiger partial charge is 0.263 e. The quantitative estimate of drug-likeness (QED) is 0.792. The van der Waals surface area contributed by atoms with Crippen molar-refractivity contribution in [1.82, 2.24) is 20.3 Å². The van der Waals surface area contributed by atoms with Gasteiger partial charge in [-0.3, -0.25) is 4.79 Å². The second-order valence-electron chi connectivity index (χ2n) is 5.38. The van der Waals surface area contributed by atoms with Crippen LogP contribution in [-0.2, 0) is 0 Å². The molecule has 22 heavy (non-hydrogen) atoms. The molecule has 1 atom stereocenters. The van der Waals surface area contributed by atoms with E-state index in [1.165, 1.54) is 24.2 Å². The first-order chi connectivity index (χ1) is 10.6. The summed E-state index contributed by atoms with van der Waals surface area (Å²) >= 11 is 1.34. The van der Waals surface area contributed by atoms with Crippen LogP contribution in [0.25, 0.3) is 10.8 Å². The highest BCUT2D eigenvalue weighted by Gasteiger charge is 2.18. The molecule has 2 heterocycles. The normalized spacial score (nSPS) is 12.1. The highest BCUT2D eigenvalue weighted by atomic mass is 32.1. The third kappa shape index (κ3) is 4.34. The Bertz CT molecular complexity index is 612. The van der Waals surface area contributed by atoms with E-state index >= 15 is 0 Å². The minimum atomic E-state index is -0.0545. The Morgan fingerprint density at radius 2 is 2.05 bits per heavy atom. The lowest BCUT2D eigenvalue weighted by atomic mass is 10.1. The van der Waals surface area contributed by atoms with Crippen molar-refractivity contribution in [2.75, 3.05) is 0 Å². The van der Waals surface area contributed by atoms with E-state index in [1.807, 2.05) is 13.8 Å². The summed E-state index contributed by atoms with van der Waals surface area (Å²) < 4.78 is 0. The zero-order chi connectivity index (χ0) is 15.9. The number of carbonyl (C=O) groups excluding carboxylic acids is 1. The minimum absolute atomic E-state index is 0.0545. The second-order valence-corrected chi connectivity index (χ2v) is 6.38. The lowest BCUT2D eigenvalue weighted by Crippen LogP contribution is -2.32. The SMILES string of the molecule is CCCCC[C@@H](C)NC(=O)c1sc(-c2ncccn2)nc1C. The number of rotatable bonds is 7. The number of amides is 1. The Morgan fingerprint density at radius 1 is 1.32 bits per heavy atom. The summed E-state index contributed by atoms with van der Waals surface area (Å²) in [5.74, 6) is 0.506. The molecule has 2 rings (SSSR count). The maximum absolute atomic E-state index is 12.4. The molecule has 0 spiro atoms. The number of nitrogens with one attached hydrogen (secondary N) is 1. The molecule has 1 amide bonds. The molecule has 0 saturated carbocycles. The minimum Gasteiger partial charge on any atom is -0.349 e. The van der Waals surface area contributed by atoms with Crippen LogP contribution in [0.4, 0.5) is 0 Å². The predicted octanol–water partition coefficient (Wildman–Crippen LogP) is 3.61. The molecule has 0 aromatic carbocycles. The van der Waals surface area contributed by atoms with Crippen LogP contribution < -0.4 is 5.32 Å². The molecule has 0 aliphatic carbocycles. The van der Waals surface area contributed by atoms with Crippen LogP contribution in [0.1, 0.15) is 54.9 Å². The Morgan fingerprint density at radius 3 is 2.73 bits per heavy atom. The molecule has 2 aromatic heterocycles. The van der Waals surface area contributed by atoms with Crippen LogP contribution in [0.5, 0.6) is 0 Å². The van der Waals surface area contributed by atoms with Gasteiger partial charge in [-0.2, -0.15) is 0 Å². The molecular weight excluding hydrogens is 296 g/mol. The number of aromatic nitrogens is 3. The maximum Gasteiger partial charge on any atom is 0.263 e. The predicted molar refractivity (Wildman–Crippen MR) is 88.9 cm³/mol. The van der Waals surface area contributed by atoms with Crippen molar-refractivity contribution in [3.63, 3.8) is 0 Å². The fourth-order valence-electron chi connectivity index (χ4n) is 2.17. The van der Waals surface area contributed by atoms with Crippen molar-refractivity contribution >= 4 is 17.2 Å². The number of hydrogen-bond acceptors (Lipinski definition) is 5. The van der Waals surface area contributed by atoms with Gasteiger partial charge in [0.25, 0.3) is 5.91 Å². The number of nitrogens with zero attached hydrogens (tertiary/aromatic N) is 3. The lowest BCUT2D eigenvalue weighted by molar-refractivity contribution is 0.0941. The molecule has 0 aliphatic rings. The second kappa shape index (κ2) is 7.98. The molecule has 0 radical (unpaired) electrons. The van der Waals surface area contributed by atoms with Gasteiger partial charge >= 0.3 is 0 Å². The van der Waals surface area contributed by atoms with Crippen molar-refractivity contribution in [2.45, 2.75) is 52.5 Å². The average Bonchev–Trinajstić information content (AvgIpc) is 2.90. The van der Waals surface area contributed by atoms with Gasteiger partial charge in [-0.1, -0.05) is 26.2 Å². The van der Waals surface area contributed by atoms with E-state index < -0.39 is 0 Å². The van der Waals surface area contributed by atoms with Crippen LogP contribution in [-0.4, -0.2) is 26.9 Å². The molecule has 2 aromatic rings. The molecule has 0 bridgehead atoms. The first-order valence-corrected chi connectivity index (χ1v) is 8.49. The molecule has 5 nitrogen and oxygen atoms in total. The van der Waals surface area contributed by atoms with Crippen molar-refractivity contribution in [3.05, 3.63) is 29.0 Å². The van der Waals surface area contributed by atoms with Gasteiger partial charge in [-0.25, -0.2) is 15.0 Å². The third-order valence-electron chi connectivity index (χ3n) is 3.38. The molecule has 0 aliphatic heterocycles. The molecule has 0 saturated heterocycles. The Balaban J connectivity index is 2.03. The average molecular weight is 318 g/mol. The molecule has 118 valence electrons. The van der Waals surface area contributed by atoms with Crippen molar-refractivity contribution < 1.29 is 4.79 Å². The molecule has 0 fully saturated rings. The summed E-state index contributed by atoms with van der Waals surface area (Å²) in [5, 5.41) is 3.73. The monoisotopic (exact) mass is 318 g/mol. The molecule has 6 heteroatoms. The number of carbonyl (C=O) groups is 1. The van der Waals surface area contributed by atoms with Crippen LogP contribution >= 0.6 is 11.3 Å². The lowest BCUT2D eigenvalue weighted by Gasteiger charge is -2.12. The standard InChI is InChI=1S/C16H22N4OS/c1-4-5-6-8-11(2)19-15(21)13-12(3)20-16(22-13)14-17-9-7-10-18-14/h7,9-11H,4-6,8H2,1-3H3,(H,19,21)/t11-/m1/s1. The zero-order valence-corrected chi connectivity index (χ0v) is 14.1. The Hall–Kier alpha value is -1.82. The van der Waals surface area contributed by atoms with E-state index in [-0.39, 0.29) is 11.9 Å². The van der Waals surface area contributed by atoms with E-state index in [1.54, 1.807) is 18.5 Å². The summed E-state index contributed by atoms with van der Waals surface area (Å²) in [6.45, 7) is 6.07. The van der Waals surface area contributed by atoms with Crippen molar-refractivity contribution in [1.29, 1.82) is 0 Å². The van der Waals surface area contributed by atoms with Crippen molar-refractivity contribution in [2.24, 2.45) is 0 Å². The van der Waals surface area contributed by atoms with Crippen LogP contribution in [0, 0.1) is 6.92 Å². The van der Waals surface area contributed by atoms with Gasteiger partial charge in [0.05, 0.1) is 5.69 Å². The first kappa shape index (κ1) is 16.5.